The van der Waals surface area contributed by atoms with Gasteiger partial charge in [-0.1, -0.05) is 71.6 Å². The van der Waals surface area contributed by atoms with E-state index in [0.717, 1.165) is 29.3 Å². The Balaban J connectivity index is 1.83. The minimum absolute atomic E-state index is 0.0655. The molecule has 0 aliphatic heterocycles. The van der Waals surface area contributed by atoms with Gasteiger partial charge in [-0.15, -0.1) is 0 Å². The van der Waals surface area contributed by atoms with Crippen molar-refractivity contribution in [3.63, 3.8) is 0 Å². The maximum atomic E-state index is 12.8. The van der Waals surface area contributed by atoms with Gasteiger partial charge < -0.3 is 5.32 Å². The normalized spacial score (nSPS) is 18.8. The van der Waals surface area contributed by atoms with E-state index in [1.807, 2.05) is 31.2 Å². The molecule has 0 heterocycles. The standard InChI is InChI=1S/C19H22BrNO/c1-19(20,15-10-3-2-4-11-15)18(22)21-17-13-7-9-14-8-5-6-12-16(14)17/h5-9,12-13,15H,2-4,10-11H2,1H3,(H,21,22). The monoisotopic (exact) mass is 359 g/mol. The zero-order valence-electron chi connectivity index (χ0n) is 12.9. The van der Waals surface area contributed by atoms with Crippen molar-refractivity contribution in [3.8, 4) is 0 Å². The van der Waals surface area contributed by atoms with Crippen molar-refractivity contribution < 1.29 is 4.79 Å². The summed E-state index contributed by atoms with van der Waals surface area (Å²) in [6, 6.07) is 14.2. The van der Waals surface area contributed by atoms with Crippen molar-refractivity contribution in [2.75, 3.05) is 5.32 Å². The molecule has 0 bridgehead atoms. The molecule has 1 N–H and O–H groups in total. The van der Waals surface area contributed by atoms with Crippen molar-refractivity contribution in [2.45, 2.75) is 43.4 Å². The summed E-state index contributed by atoms with van der Waals surface area (Å²) in [5.74, 6) is 0.479. The second-order valence-corrected chi connectivity index (χ2v) is 8.04. The summed E-state index contributed by atoms with van der Waals surface area (Å²) in [6.45, 7) is 2.02. The van der Waals surface area contributed by atoms with Gasteiger partial charge in [-0.3, -0.25) is 4.79 Å². The lowest BCUT2D eigenvalue weighted by Gasteiger charge is -2.34. The van der Waals surface area contributed by atoms with Crippen molar-refractivity contribution in [1.29, 1.82) is 0 Å². The fourth-order valence-electron chi connectivity index (χ4n) is 3.41. The van der Waals surface area contributed by atoms with Crippen LogP contribution in [0, 0.1) is 5.92 Å². The van der Waals surface area contributed by atoms with Crippen LogP contribution in [0.5, 0.6) is 0 Å². The number of anilines is 1. The van der Waals surface area contributed by atoms with E-state index in [1.54, 1.807) is 0 Å². The van der Waals surface area contributed by atoms with E-state index in [4.69, 9.17) is 0 Å². The van der Waals surface area contributed by atoms with Gasteiger partial charge in [0.1, 0.15) is 4.32 Å². The van der Waals surface area contributed by atoms with Gasteiger partial charge in [0.25, 0.3) is 0 Å². The molecular weight excluding hydrogens is 338 g/mol. The topological polar surface area (TPSA) is 29.1 Å². The number of amides is 1. The van der Waals surface area contributed by atoms with E-state index in [0.29, 0.717) is 5.92 Å². The molecule has 1 atom stereocenters. The second kappa shape index (κ2) is 6.41. The minimum atomic E-state index is -0.496. The lowest BCUT2D eigenvalue weighted by atomic mass is 9.80. The highest BCUT2D eigenvalue weighted by atomic mass is 79.9. The number of rotatable bonds is 3. The van der Waals surface area contributed by atoms with E-state index < -0.39 is 4.32 Å². The molecule has 1 aliphatic carbocycles. The largest absolute Gasteiger partial charge is 0.324 e. The van der Waals surface area contributed by atoms with Crippen LogP contribution < -0.4 is 5.32 Å². The van der Waals surface area contributed by atoms with Crippen molar-refractivity contribution >= 4 is 38.3 Å². The molecule has 1 amide bonds. The number of hydrogen-bond acceptors (Lipinski definition) is 1. The van der Waals surface area contributed by atoms with Crippen LogP contribution >= 0.6 is 15.9 Å². The van der Waals surface area contributed by atoms with E-state index >= 15 is 0 Å². The molecule has 1 fully saturated rings. The van der Waals surface area contributed by atoms with E-state index in [9.17, 15) is 4.79 Å². The molecule has 3 rings (SSSR count). The third kappa shape index (κ3) is 3.05. The predicted molar refractivity (Wildman–Crippen MR) is 96.5 cm³/mol. The third-order valence-corrected chi connectivity index (χ3v) is 5.86. The Kier molecular flexibility index (Phi) is 4.53. The molecule has 0 saturated heterocycles. The third-order valence-electron chi connectivity index (χ3n) is 4.85. The molecule has 3 heteroatoms. The Morgan fingerprint density at radius 3 is 2.55 bits per heavy atom. The Bertz CT molecular complexity index is 669. The first-order chi connectivity index (χ1) is 10.6. The molecular formula is C19H22BrNO. The van der Waals surface area contributed by atoms with Crippen LogP contribution in [0.25, 0.3) is 10.8 Å². The fraction of sp³-hybridized carbons (Fsp3) is 0.421. The quantitative estimate of drug-likeness (QED) is 0.718. The van der Waals surface area contributed by atoms with Crippen LogP contribution in [0.15, 0.2) is 42.5 Å². The fourth-order valence-corrected chi connectivity index (χ4v) is 3.97. The van der Waals surface area contributed by atoms with Crippen LogP contribution in [-0.4, -0.2) is 10.2 Å². The van der Waals surface area contributed by atoms with Crippen molar-refractivity contribution in [2.24, 2.45) is 5.92 Å². The van der Waals surface area contributed by atoms with Crippen LogP contribution in [0.3, 0.4) is 0 Å². The Morgan fingerprint density at radius 1 is 1.09 bits per heavy atom. The zero-order chi connectivity index (χ0) is 15.6. The summed E-state index contributed by atoms with van der Waals surface area (Å²) in [5, 5.41) is 5.37. The molecule has 2 nitrogen and oxygen atoms in total. The first kappa shape index (κ1) is 15.5. The highest BCUT2D eigenvalue weighted by Gasteiger charge is 2.39. The molecule has 2 aromatic rings. The SMILES string of the molecule is CC(Br)(C(=O)Nc1cccc2ccccc12)C1CCCCC1. The van der Waals surface area contributed by atoms with Gasteiger partial charge >= 0.3 is 0 Å². The number of halogens is 1. The number of carbonyl (C=O) groups is 1. The smallest absolute Gasteiger partial charge is 0.241 e. The first-order valence-electron chi connectivity index (χ1n) is 8.07. The molecule has 2 aromatic carbocycles. The first-order valence-corrected chi connectivity index (χ1v) is 8.86. The summed E-state index contributed by atoms with van der Waals surface area (Å²) >= 11 is 3.72. The number of fused-ring (bicyclic) bond motifs is 1. The average Bonchev–Trinajstić information content (AvgIpc) is 2.56. The highest BCUT2D eigenvalue weighted by molar-refractivity contribution is 9.10. The Hall–Kier alpha value is -1.35. The van der Waals surface area contributed by atoms with Gasteiger partial charge in [0.15, 0.2) is 0 Å². The van der Waals surface area contributed by atoms with Gasteiger partial charge in [0.05, 0.1) is 0 Å². The Labute approximate surface area is 140 Å². The summed E-state index contributed by atoms with van der Waals surface area (Å²) in [5.41, 5.74) is 0.893. The average molecular weight is 360 g/mol. The van der Waals surface area contributed by atoms with Crippen LogP contribution in [-0.2, 0) is 4.79 Å². The van der Waals surface area contributed by atoms with E-state index in [-0.39, 0.29) is 5.91 Å². The summed E-state index contributed by atoms with van der Waals surface area (Å²) < 4.78 is -0.496. The van der Waals surface area contributed by atoms with Crippen molar-refractivity contribution in [3.05, 3.63) is 42.5 Å². The lowest BCUT2D eigenvalue weighted by molar-refractivity contribution is -0.119. The number of alkyl halides is 1. The molecule has 1 aliphatic rings. The van der Waals surface area contributed by atoms with Gasteiger partial charge in [-0.25, -0.2) is 0 Å². The molecule has 1 unspecified atom stereocenters. The van der Waals surface area contributed by atoms with Gasteiger partial charge in [-0.05, 0) is 37.1 Å². The van der Waals surface area contributed by atoms with Gasteiger partial charge in [-0.2, -0.15) is 0 Å². The van der Waals surface area contributed by atoms with E-state index in [1.165, 1.54) is 19.3 Å². The molecule has 0 spiro atoms. The highest BCUT2D eigenvalue weighted by Crippen LogP contribution is 2.39. The zero-order valence-corrected chi connectivity index (χ0v) is 14.5. The molecule has 116 valence electrons. The van der Waals surface area contributed by atoms with Crippen LogP contribution in [0.1, 0.15) is 39.0 Å². The molecule has 0 aromatic heterocycles. The maximum Gasteiger partial charge on any atom is 0.241 e. The van der Waals surface area contributed by atoms with Crippen LogP contribution in [0.4, 0.5) is 5.69 Å². The van der Waals surface area contributed by atoms with Crippen LogP contribution in [0.2, 0.25) is 0 Å². The molecule has 0 radical (unpaired) electrons. The number of carbonyl (C=O) groups excluding carboxylic acids is 1. The number of hydrogen-bond donors (Lipinski definition) is 1. The van der Waals surface area contributed by atoms with E-state index in [2.05, 4.69) is 39.4 Å². The summed E-state index contributed by atoms with van der Waals surface area (Å²) in [7, 11) is 0. The number of benzene rings is 2. The van der Waals surface area contributed by atoms with Crippen molar-refractivity contribution in [1.82, 2.24) is 0 Å². The molecule has 22 heavy (non-hydrogen) atoms. The number of nitrogens with one attached hydrogen (secondary N) is 1. The Morgan fingerprint density at radius 2 is 1.77 bits per heavy atom. The predicted octanol–water partition coefficient (Wildman–Crippen LogP) is 5.51. The lowest BCUT2D eigenvalue weighted by Crippen LogP contribution is -2.42. The van der Waals surface area contributed by atoms with Gasteiger partial charge in [0, 0.05) is 11.1 Å². The molecule has 1 saturated carbocycles. The summed E-state index contributed by atoms with van der Waals surface area (Å²) in [6.07, 6.45) is 6.01. The second-order valence-electron chi connectivity index (χ2n) is 6.39. The minimum Gasteiger partial charge on any atom is -0.324 e. The van der Waals surface area contributed by atoms with Gasteiger partial charge in [0.2, 0.25) is 5.91 Å². The summed E-state index contributed by atoms with van der Waals surface area (Å²) in [4.78, 5) is 12.8. The maximum absolute atomic E-state index is 12.8.